The minimum absolute atomic E-state index is 0.100. The van der Waals surface area contributed by atoms with Gasteiger partial charge in [-0.15, -0.1) is 0 Å². The summed E-state index contributed by atoms with van der Waals surface area (Å²) in [7, 11) is 0. The molecule has 3 aromatic carbocycles. The summed E-state index contributed by atoms with van der Waals surface area (Å²) < 4.78 is 5.79. The highest BCUT2D eigenvalue weighted by atomic mass is 16.5. The largest absolute Gasteiger partial charge is 0.489 e. The number of para-hydroxylation sites is 1. The predicted molar refractivity (Wildman–Crippen MR) is 110 cm³/mol. The number of carbonyl (C=O) groups excluding carboxylic acids is 1. The SMILES string of the molecule is O=C(NCc1cccc(COc2ccccc2)c1)c1ccc2ncccc2c1. The molecule has 0 saturated heterocycles. The number of nitrogens with one attached hydrogen (secondary N) is 1. The molecule has 0 aliphatic rings. The molecule has 28 heavy (non-hydrogen) atoms. The van der Waals surface area contributed by atoms with Crippen molar-refractivity contribution in [3.8, 4) is 5.75 Å². The van der Waals surface area contributed by atoms with Crippen LogP contribution >= 0.6 is 0 Å². The fourth-order valence-electron chi connectivity index (χ4n) is 3.01. The third kappa shape index (κ3) is 4.35. The van der Waals surface area contributed by atoms with Crippen LogP contribution in [-0.4, -0.2) is 10.9 Å². The minimum atomic E-state index is -0.100. The Labute approximate surface area is 163 Å². The second kappa shape index (κ2) is 8.35. The Hall–Kier alpha value is -3.66. The number of amides is 1. The van der Waals surface area contributed by atoms with Gasteiger partial charge in [0.2, 0.25) is 0 Å². The van der Waals surface area contributed by atoms with Gasteiger partial charge in [-0.2, -0.15) is 0 Å². The summed E-state index contributed by atoms with van der Waals surface area (Å²) in [6.45, 7) is 0.951. The number of nitrogens with zero attached hydrogens (tertiary/aromatic N) is 1. The number of pyridine rings is 1. The summed E-state index contributed by atoms with van der Waals surface area (Å²) in [5, 5.41) is 3.93. The maximum atomic E-state index is 12.5. The smallest absolute Gasteiger partial charge is 0.251 e. The minimum Gasteiger partial charge on any atom is -0.489 e. The Morgan fingerprint density at radius 1 is 0.857 bits per heavy atom. The van der Waals surface area contributed by atoms with Crippen molar-refractivity contribution in [2.45, 2.75) is 13.2 Å². The molecule has 4 rings (SSSR count). The first-order valence-corrected chi connectivity index (χ1v) is 9.16. The van der Waals surface area contributed by atoms with Crippen LogP contribution in [0.25, 0.3) is 10.9 Å². The predicted octanol–water partition coefficient (Wildman–Crippen LogP) is 4.74. The highest BCUT2D eigenvalue weighted by Gasteiger charge is 2.07. The van der Waals surface area contributed by atoms with E-state index in [-0.39, 0.29) is 5.91 Å². The summed E-state index contributed by atoms with van der Waals surface area (Å²) in [5.74, 6) is 0.740. The zero-order chi connectivity index (χ0) is 19.2. The molecule has 0 unspecified atom stereocenters. The average molecular weight is 368 g/mol. The van der Waals surface area contributed by atoms with Crippen molar-refractivity contribution in [1.82, 2.24) is 10.3 Å². The van der Waals surface area contributed by atoms with Crippen LogP contribution < -0.4 is 10.1 Å². The Morgan fingerprint density at radius 2 is 1.71 bits per heavy atom. The van der Waals surface area contributed by atoms with Crippen LogP contribution in [0.2, 0.25) is 0 Å². The lowest BCUT2D eigenvalue weighted by Gasteiger charge is -2.09. The Bertz CT molecular complexity index is 1090. The molecule has 1 heterocycles. The van der Waals surface area contributed by atoms with Crippen molar-refractivity contribution in [3.05, 3.63) is 108 Å². The van der Waals surface area contributed by atoms with Gasteiger partial charge >= 0.3 is 0 Å². The maximum absolute atomic E-state index is 12.5. The summed E-state index contributed by atoms with van der Waals surface area (Å²) in [6, 6.07) is 27.1. The molecule has 4 nitrogen and oxygen atoms in total. The van der Waals surface area contributed by atoms with E-state index in [9.17, 15) is 4.79 Å². The Balaban J connectivity index is 1.38. The molecule has 0 radical (unpaired) electrons. The van der Waals surface area contributed by atoms with Gasteiger partial charge in [-0.05, 0) is 47.5 Å². The third-order valence-electron chi connectivity index (χ3n) is 4.46. The van der Waals surface area contributed by atoms with Gasteiger partial charge in [-0.25, -0.2) is 0 Å². The zero-order valence-corrected chi connectivity index (χ0v) is 15.3. The number of aromatic nitrogens is 1. The fraction of sp³-hybridized carbons (Fsp3) is 0.0833. The van der Waals surface area contributed by atoms with E-state index in [1.54, 1.807) is 12.3 Å². The molecule has 1 amide bonds. The molecular weight excluding hydrogens is 348 g/mol. The highest BCUT2D eigenvalue weighted by Crippen LogP contribution is 2.15. The Kier molecular flexibility index (Phi) is 5.29. The number of hydrogen-bond donors (Lipinski definition) is 1. The van der Waals surface area contributed by atoms with E-state index in [1.165, 1.54) is 0 Å². The summed E-state index contributed by atoms with van der Waals surface area (Å²) in [6.07, 6.45) is 1.75. The number of rotatable bonds is 6. The van der Waals surface area contributed by atoms with Crippen molar-refractivity contribution >= 4 is 16.8 Å². The van der Waals surface area contributed by atoms with Crippen LogP contribution in [0.3, 0.4) is 0 Å². The zero-order valence-electron chi connectivity index (χ0n) is 15.3. The first kappa shape index (κ1) is 17.7. The Morgan fingerprint density at radius 3 is 2.61 bits per heavy atom. The van der Waals surface area contributed by atoms with Crippen LogP contribution in [-0.2, 0) is 13.2 Å². The second-order valence-corrected chi connectivity index (χ2v) is 6.52. The van der Waals surface area contributed by atoms with Gasteiger partial charge in [-0.3, -0.25) is 9.78 Å². The van der Waals surface area contributed by atoms with E-state index in [1.807, 2.05) is 78.9 Å². The molecule has 0 aliphatic carbocycles. The summed E-state index contributed by atoms with van der Waals surface area (Å²) in [5.41, 5.74) is 3.60. The summed E-state index contributed by atoms with van der Waals surface area (Å²) in [4.78, 5) is 16.8. The fourth-order valence-corrected chi connectivity index (χ4v) is 3.01. The van der Waals surface area contributed by atoms with Gasteiger partial charge in [0.05, 0.1) is 5.52 Å². The lowest BCUT2D eigenvalue weighted by atomic mass is 10.1. The van der Waals surface area contributed by atoms with Crippen LogP contribution in [0.15, 0.2) is 91.1 Å². The molecule has 138 valence electrons. The highest BCUT2D eigenvalue weighted by molar-refractivity contribution is 5.97. The van der Waals surface area contributed by atoms with Crippen molar-refractivity contribution in [3.63, 3.8) is 0 Å². The molecule has 0 fully saturated rings. The molecule has 4 heteroatoms. The van der Waals surface area contributed by atoms with Crippen molar-refractivity contribution < 1.29 is 9.53 Å². The van der Waals surface area contributed by atoms with E-state index in [0.29, 0.717) is 18.7 Å². The van der Waals surface area contributed by atoms with Gasteiger partial charge in [-0.1, -0.05) is 48.5 Å². The molecule has 0 saturated carbocycles. The van der Waals surface area contributed by atoms with E-state index in [0.717, 1.165) is 27.8 Å². The van der Waals surface area contributed by atoms with E-state index in [4.69, 9.17) is 4.74 Å². The molecule has 4 aromatic rings. The number of carbonyl (C=O) groups is 1. The maximum Gasteiger partial charge on any atom is 0.251 e. The number of fused-ring (bicyclic) bond motifs is 1. The topological polar surface area (TPSA) is 51.2 Å². The molecule has 0 aliphatic heterocycles. The molecule has 0 spiro atoms. The lowest BCUT2D eigenvalue weighted by Crippen LogP contribution is -2.22. The van der Waals surface area contributed by atoms with Crippen LogP contribution in [0.5, 0.6) is 5.75 Å². The number of benzene rings is 3. The van der Waals surface area contributed by atoms with Gasteiger partial charge < -0.3 is 10.1 Å². The van der Waals surface area contributed by atoms with Gasteiger partial charge in [0.15, 0.2) is 0 Å². The van der Waals surface area contributed by atoms with E-state index >= 15 is 0 Å². The lowest BCUT2D eigenvalue weighted by molar-refractivity contribution is 0.0951. The van der Waals surface area contributed by atoms with Crippen LogP contribution in [0, 0.1) is 0 Å². The normalized spacial score (nSPS) is 10.6. The van der Waals surface area contributed by atoms with Crippen molar-refractivity contribution in [2.75, 3.05) is 0 Å². The van der Waals surface area contributed by atoms with Crippen molar-refractivity contribution in [2.24, 2.45) is 0 Å². The standard InChI is InChI=1S/C24H20N2O2/c27-24(21-11-12-23-20(15-21)8-5-13-25-23)26-16-18-6-4-7-19(14-18)17-28-22-9-2-1-3-10-22/h1-15H,16-17H2,(H,26,27). The first-order valence-electron chi connectivity index (χ1n) is 9.16. The molecule has 1 N–H and O–H groups in total. The molecule has 0 bridgehead atoms. The van der Waals surface area contributed by atoms with E-state index in [2.05, 4.69) is 10.3 Å². The summed E-state index contributed by atoms with van der Waals surface area (Å²) >= 11 is 0. The van der Waals surface area contributed by atoms with Gasteiger partial charge in [0, 0.05) is 23.7 Å². The number of ether oxygens (including phenoxy) is 1. The number of hydrogen-bond acceptors (Lipinski definition) is 3. The monoisotopic (exact) mass is 368 g/mol. The molecule has 0 atom stereocenters. The van der Waals surface area contributed by atoms with Gasteiger partial charge in [0.25, 0.3) is 5.91 Å². The van der Waals surface area contributed by atoms with Crippen LogP contribution in [0.1, 0.15) is 21.5 Å². The van der Waals surface area contributed by atoms with Gasteiger partial charge in [0.1, 0.15) is 12.4 Å². The third-order valence-corrected chi connectivity index (χ3v) is 4.46. The first-order chi connectivity index (χ1) is 13.8. The second-order valence-electron chi connectivity index (χ2n) is 6.52. The van der Waals surface area contributed by atoms with Crippen molar-refractivity contribution in [1.29, 1.82) is 0 Å². The van der Waals surface area contributed by atoms with Crippen LogP contribution in [0.4, 0.5) is 0 Å². The van der Waals surface area contributed by atoms with E-state index < -0.39 is 0 Å². The quantitative estimate of drug-likeness (QED) is 0.535. The molecule has 1 aromatic heterocycles. The molecular formula is C24H20N2O2. The average Bonchev–Trinajstić information content (AvgIpc) is 2.77.